The molecule has 1 N–H and O–H groups in total. The lowest BCUT2D eigenvalue weighted by atomic mass is 9.95. The first-order valence-corrected chi connectivity index (χ1v) is 5.42. The minimum Gasteiger partial charge on any atom is -0.312 e. The average Bonchev–Trinajstić information content (AvgIpc) is 2.50. The van der Waals surface area contributed by atoms with Crippen LogP contribution in [0.1, 0.15) is 38.3 Å². The van der Waals surface area contributed by atoms with E-state index in [1.54, 1.807) is 0 Å². The van der Waals surface area contributed by atoms with Crippen molar-refractivity contribution >= 4 is 0 Å². The van der Waals surface area contributed by atoms with Crippen LogP contribution >= 0.6 is 0 Å². The molecule has 1 saturated heterocycles. The van der Waals surface area contributed by atoms with Crippen LogP contribution < -0.4 is 5.32 Å². The minimum atomic E-state index is 0.579. The molecule has 0 aromatic carbocycles. The Hall–Kier alpha value is -0.830. The highest BCUT2D eigenvalue weighted by molar-refractivity contribution is 5.01. The Morgan fingerprint density at radius 3 is 2.50 bits per heavy atom. The van der Waals surface area contributed by atoms with Gasteiger partial charge in [-0.25, -0.2) is 0 Å². The number of hydrogen-bond acceptors (Lipinski definition) is 2. The number of nitrogens with one attached hydrogen (secondary N) is 1. The second-order valence-electron chi connectivity index (χ2n) is 4.59. The summed E-state index contributed by atoms with van der Waals surface area (Å²) in [6.45, 7) is 6.59. The molecule has 14 heavy (non-hydrogen) atoms. The molecule has 2 atom stereocenters. The topological polar surface area (TPSA) is 29.9 Å². The Labute approximate surface area is 85.5 Å². The molecule has 2 rings (SSSR count). The molecule has 0 spiro atoms. The SMILES string of the molecule is Cc1cnn(C2CC(C)NC(C)C2)c1. The third-order valence-corrected chi connectivity index (χ3v) is 2.93. The zero-order valence-electron chi connectivity index (χ0n) is 9.20. The highest BCUT2D eigenvalue weighted by Gasteiger charge is 2.24. The van der Waals surface area contributed by atoms with Crippen molar-refractivity contribution in [3.8, 4) is 0 Å². The minimum absolute atomic E-state index is 0.579. The van der Waals surface area contributed by atoms with Crippen LogP contribution in [0.5, 0.6) is 0 Å². The lowest BCUT2D eigenvalue weighted by Gasteiger charge is -2.33. The lowest BCUT2D eigenvalue weighted by molar-refractivity contribution is 0.250. The Bertz CT molecular complexity index is 295. The van der Waals surface area contributed by atoms with Gasteiger partial charge in [0, 0.05) is 18.3 Å². The number of hydrogen-bond donors (Lipinski definition) is 1. The molecule has 1 aromatic heterocycles. The molecular formula is C11H19N3. The van der Waals surface area contributed by atoms with Crippen LogP contribution in [0.3, 0.4) is 0 Å². The lowest BCUT2D eigenvalue weighted by Crippen LogP contribution is -2.43. The van der Waals surface area contributed by atoms with Gasteiger partial charge in [-0.3, -0.25) is 4.68 Å². The molecule has 0 aliphatic carbocycles. The van der Waals surface area contributed by atoms with E-state index in [4.69, 9.17) is 0 Å². The van der Waals surface area contributed by atoms with E-state index in [1.807, 2.05) is 6.20 Å². The molecule has 2 heterocycles. The van der Waals surface area contributed by atoms with Crippen LogP contribution in [0, 0.1) is 6.92 Å². The van der Waals surface area contributed by atoms with E-state index in [-0.39, 0.29) is 0 Å². The van der Waals surface area contributed by atoms with Gasteiger partial charge in [0.2, 0.25) is 0 Å². The molecule has 3 heteroatoms. The van der Waals surface area contributed by atoms with Gasteiger partial charge in [0.1, 0.15) is 0 Å². The zero-order valence-corrected chi connectivity index (χ0v) is 9.20. The van der Waals surface area contributed by atoms with Gasteiger partial charge in [-0.05, 0) is 39.2 Å². The van der Waals surface area contributed by atoms with E-state index < -0.39 is 0 Å². The van der Waals surface area contributed by atoms with E-state index in [2.05, 4.69) is 42.1 Å². The van der Waals surface area contributed by atoms with E-state index in [0.717, 1.165) is 0 Å². The normalized spacial score (nSPS) is 33.2. The van der Waals surface area contributed by atoms with Crippen LogP contribution in [0.4, 0.5) is 0 Å². The molecule has 1 aromatic rings. The maximum Gasteiger partial charge on any atom is 0.0548 e. The second-order valence-corrected chi connectivity index (χ2v) is 4.59. The number of aromatic nitrogens is 2. The van der Waals surface area contributed by atoms with Gasteiger partial charge in [-0.1, -0.05) is 0 Å². The van der Waals surface area contributed by atoms with Gasteiger partial charge in [0.25, 0.3) is 0 Å². The fraction of sp³-hybridized carbons (Fsp3) is 0.727. The van der Waals surface area contributed by atoms with E-state index >= 15 is 0 Å². The largest absolute Gasteiger partial charge is 0.312 e. The third-order valence-electron chi connectivity index (χ3n) is 2.93. The first-order chi connectivity index (χ1) is 6.65. The number of piperidine rings is 1. The molecule has 1 aliphatic rings. The molecule has 0 amide bonds. The predicted octanol–water partition coefficient (Wildman–Crippen LogP) is 1.89. The van der Waals surface area contributed by atoms with Crippen LogP contribution in [-0.4, -0.2) is 21.9 Å². The Morgan fingerprint density at radius 1 is 1.36 bits per heavy atom. The molecule has 0 radical (unpaired) electrons. The summed E-state index contributed by atoms with van der Waals surface area (Å²) in [6.07, 6.45) is 6.46. The Balaban J connectivity index is 2.10. The van der Waals surface area contributed by atoms with E-state index in [9.17, 15) is 0 Å². The first-order valence-electron chi connectivity index (χ1n) is 5.42. The fourth-order valence-corrected chi connectivity index (χ4v) is 2.38. The van der Waals surface area contributed by atoms with E-state index in [0.29, 0.717) is 18.1 Å². The van der Waals surface area contributed by atoms with Crippen molar-refractivity contribution in [2.24, 2.45) is 0 Å². The summed E-state index contributed by atoms with van der Waals surface area (Å²) < 4.78 is 2.13. The van der Waals surface area contributed by atoms with Crippen molar-refractivity contribution in [2.75, 3.05) is 0 Å². The van der Waals surface area contributed by atoms with E-state index in [1.165, 1.54) is 18.4 Å². The van der Waals surface area contributed by atoms with Crippen molar-refractivity contribution < 1.29 is 0 Å². The maximum absolute atomic E-state index is 4.40. The average molecular weight is 193 g/mol. The predicted molar refractivity (Wildman–Crippen MR) is 57.3 cm³/mol. The summed E-state index contributed by atoms with van der Waals surface area (Å²) in [5.41, 5.74) is 1.25. The number of nitrogens with zero attached hydrogens (tertiary/aromatic N) is 2. The van der Waals surface area contributed by atoms with Gasteiger partial charge in [-0.15, -0.1) is 0 Å². The summed E-state index contributed by atoms with van der Waals surface area (Å²) in [5.74, 6) is 0. The van der Waals surface area contributed by atoms with Crippen molar-refractivity contribution in [3.05, 3.63) is 18.0 Å². The maximum atomic E-state index is 4.40. The molecule has 1 aliphatic heterocycles. The summed E-state index contributed by atoms with van der Waals surface area (Å²) in [6, 6.07) is 1.79. The molecule has 1 fully saturated rings. The smallest absolute Gasteiger partial charge is 0.0548 e. The second kappa shape index (κ2) is 3.73. The van der Waals surface area contributed by atoms with Gasteiger partial charge in [0.05, 0.1) is 12.2 Å². The van der Waals surface area contributed by atoms with Gasteiger partial charge in [0.15, 0.2) is 0 Å². The zero-order chi connectivity index (χ0) is 10.1. The number of rotatable bonds is 1. The summed E-state index contributed by atoms with van der Waals surface area (Å²) in [7, 11) is 0. The van der Waals surface area contributed by atoms with Crippen LogP contribution in [0.15, 0.2) is 12.4 Å². The Morgan fingerprint density at radius 2 is 2.00 bits per heavy atom. The fourth-order valence-electron chi connectivity index (χ4n) is 2.38. The van der Waals surface area contributed by atoms with Crippen molar-refractivity contribution in [2.45, 2.75) is 51.7 Å². The highest BCUT2D eigenvalue weighted by atomic mass is 15.3. The molecule has 0 bridgehead atoms. The third kappa shape index (κ3) is 1.98. The van der Waals surface area contributed by atoms with Crippen molar-refractivity contribution in [1.29, 1.82) is 0 Å². The molecule has 0 saturated carbocycles. The molecule has 2 unspecified atom stereocenters. The highest BCUT2D eigenvalue weighted by Crippen LogP contribution is 2.24. The van der Waals surface area contributed by atoms with Crippen molar-refractivity contribution in [1.82, 2.24) is 15.1 Å². The van der Waals surface area contributed by atoms with Crippen LogP contribution in [0.25, 0.3) is 0 Å². The molecular weight excluding hydrogens is 174 g/mol. The van der Waals surface area contributed by atoms with Gasteiger partial charge in [-0.2, -0.15) is 5.10 Å². The van der Waals surface area contributed by atoms with Crippen LogP contribution in [-0.2, 0) is 0 Å². The van der Waals surface area contributed by atoms with Gasteiger partial charge >= 0.3 is 0 Å². The quantitative estimate of drug-likeness (QED) is 0.738. The Kier molecular flexibility index (Phi) is 2.59. The monoisotopic (exact) mass is 193 g/mol. The summed E-state index contributed by atoms with van der Waals surface area (Å²) >= 11 is 0. The summed E-state index contributed by atoms with van der Waals surface area (Å²) in [5, 5.41) is 7.94. The number of aryl methyl sites for hydroxylation is 1. The van der Waals surface area contributed by atoms with Crippen LogP contribution in [0.2, 0.25) is 0 Å². The molecule has 3 nitrogen and oxygen atoms in total. The summed E-state index contributed by atoms with van der Waals surface area (Å²) in [4.78, 5) is 0. The van der Waals surface area contributed by atoms with Gasteiger partial charge < -0.3 is 5.32 Å². The first kappa shape index (κ1) is 9.71. The molecule has 78 valence electrons. The van der Waals surface area contributed by atoms with Crippen molar-refractivity contribution in [3.63, 3.8) is 0 Å². The standard InChI is InChI=1S/C11H19N3/c1-8-6-12-14(7-8)11-4-9(2)13-10(3)5-11/h6-7,9-11,13H,4-5H2,1-3H3.